The minimum Gasteiger partial charge on any atom is -0.333 e. The molecule has 3 aromatic rings. The van der Waals surface area contributed by atoms with Gasteiger partial charge in [-0.2, -0.15) is 5.10 Å². The first-order valence-corrected chi connectivity index (χ1v) is 10.3. The summed E-state index contributed by atoms with van der Waals surface area (Å²) in [4.78, 5) is 36.5. The Morgan fingerprint density at radius 2 is 1.87 bits per heavy atom. The maximum Gasteiger partial charge on any atom is 0.312 e. The van der Waals surface area contributed by atoms with Crippen LogP contribution in [0.1, 0.15) is 18.4 Å². The summed E-state index contributed by atoms with van der Waals surface area (Å²) in [7, 11) is 0. The average molecular weight is 446 g/mol. The van der Waals surface area contributed by atoms with Crippen LogP contribution in [0.15, 0.2) is 24.5 Å². The molecule has 0 saturated carbocycles. The van der Waals surface area contributed by atoms with Crippen molar-refractivity contribution in [2.75, 3.05) is 19.6 Å². The summed E-state index contributed by atoms with van der Waals surface area (Å²) in [6.45, 7) is 3.84. The molecule has 1 aromatic carbocycles. The standard InChI is InChI=1S/C19H17Cl2N7O2/c1-2-25-5-6-26(19(30)18(25)29)9-15-23-17-12-7-11(20)3-4-13(12)27-10-22-16(21)14(27)8-28(17)24-15/h3-4,7,10H,2,5-6,8-9H2,1H3. The van der Waals surface area contributed by atoms with Gasteiger partial charge in [-0.1, -0.05) is 23.2 Å². The third kappa shape index (κ3) is 2.96. The van der Waals surface area contributed by atoms with Gasteiger partial charge in [-0.15, -0.1) is 0 Å². The maximum absolute atomic E-state index is 12.4. The van der Waals surface area contributed by atoms with E-state index < -0.39 is 11.8 Å². The van der Waals surface area contributed by atoms with Gasteiger partial charge in [0.15, 0.2) is 16.8 Å². The third-order valence-corrected chi connectivity index (χ3v) is 5.95. The lowest BCUT2D eigenvalue weighted by atomic mass is 10.1. The summed E-state index contributed by atoms with van der Waals surface area (Å²) in [5.74, 6) is 0.0503. The number of likely N-dealkylation sites (N-methyl/N-ethyl adjacent to an activating group) is 1. The van der Waals surface area contributed by atoms with Gasteiger partial charge in [0.1, 0.15) is 6.33 Å². The zero-order valence-corrected chi connectivity index (χ0v) is 17.6. The summed E-state index contributed by atoms with van der Waals surface area (Å²) in [6, 6.07) is 5.50. The molecule has 0 atom stereocenters. The summed E-state index contributed by atoms with van der Waals surface area (Å²) < 4.78 is 3.63. The number of halogens is 2. The number of piperazine rings is 1. The lowest BCUT2D eigenvalue weighted by Crippen LogP contribution is -2.53. The second kappa shape index (κ2) is 7.10. The van der Waals surface area contributed by atoms with Crippen LogP contribution in [0.25, 0.3) is 17.1 Å². The van der Waals surface area contributed by atoms with Gasteiger partial charge in [0.25, 0.3) is 0 Å². The van der Waals surface area contributed by atoms with Crippen molar-refractivity contribution in [3.63, 3.8) is 0 Å². The normalized spacial score (nSPS) is 15.7. The number of aromatic nitrogens is 5. The van der Waals surface area contributed by atoms with Crippen LogP contribution in [0.3, 0.4) is 0 Å². The van der Waals surface area contributed by atoms with Gasteiger partial charge in [0, 0.05) is 30.2 Å². The molecule has 0 bridgehead atoms. The smallest absolute Gasteiger partial charge is 0.312 e. The van der Waals surface area contributed by atoms with Crippen molar-refractivity contribution in [3.8, 4) is 17.1 Å². The van der Waals surface area contributed by atoms with Crippen molar-refractivity contribution in [1.82, 2.24) is 34.1 Å². The number of benzene rings is 1. The van der Waals surface area contributed by atoms with Gasteiger partial charge in [0.05, 0.1) is 24.5 Å². The first-order valence-electron chi connectivity index (χ1n) is 9.50. The van der Waals surface area contributed by atoms with Crippen LogP contribution in [0.2, 0.25) is 10.2 Å². The van der Waals surface area contributed by atoms with Crippen molar-refractivity contribution >= 4 is 35.0 Å². The van der Waals surface area contributed by atoms with E-state index >= 15 is 0 Å². The number of fused-ring (bicyclic) bond motifs is 5. The topological polar surface area (TPSA) is 89.2 Å². The van der Waals surface area contributed by atoms with Crippen LogP contribution in [0.5, 0.6) is 0 Å². The zero-order chi connectivity index (χ0) is 21.0. The Hall–Kier alpha value is -2.91. The van der Waals surface area contributed by atoms with Crippen LogP contribution in [0, 0.1) is 0 Å². The highest BCUT2D eigenvalue weighted by Gasteiger charge is 2.33. The third-order valence-electron chi connectivity index (χ3n) is 5.40. The number of carbonyl (C=O) groups is 2. The van der Waals surface area contributed by atoms with Crippen LogP contribution in [-0.4, -0.2) is 65.6 Å². The Labute approximate surface area is 181 Å². The fourth-order valence-electron chi connectivity index (χ4n) is 3.84. The lowest BCUT2D eigenvalue weighted by Gasteiger charge is -2.32. The lowest BCUT2D eigenvalue weighted by molar-refractivity contribution is -0.156. The highest BCUT2D eigenvalue weighted by Crippen LogP contribution is 2.34. The van der Waals surface area contributed by atoms with Gasteiger partial charge in [-0.25, -0.2) is 14.6 Å². The minimum absolute atomic E-state index is 0.158. The molecule has 4 heterocycles. The number of hydrogen-bond donors (Lipinski definition) is 0. The first-order chi connectivity index (χ1) is 14.5. The molecule has 2 aromatic heterocycles. The van der Waals surface area contributed by atoms with Crippen LogP contribution < -0.4 is 0 Å². The molecule has 2 amide bonds. The number of carbonyl (C=O) groups excluding carboxylic acids is 2. The summed E-state index contributed by atoms with van der Waals surface area (Å²) in [6.07, 6.45) is 1.66. The van der Waals surface area contributed by atoms with Crippen molar-refractivity contribution in [2.24, 2.45) is 0 Å². The van der Waals surface area contributed by atoms with Gasteiger partial charge in [-0.3, -0.25) is 14.2 Å². The molecule has 0 spiro atoms. The molecular formula is C19H17Cl2N7O2. The molecule has 2 aliphatic rings. The zero-order valence-electron chi connectivity index (χ0n) is 16.0. The van der Waals surface area contributed by atoms with Gasteiger partial charge < -0.3 is 9.80 Å². The predicted molar refractivity (Wildman–Crippen MR) is 109 cm³/mol. The Morgan fingerprint density at radius 3 is 2.67 bits per heavy atom. The van der Waals surface area contributed by atoms with Crippen molar-refractivity contribution in [1.29, 1.82) is 0 Å². The van der Waals surface area contributed by atoms with E-state index in [0.29, 0.717) is 48.0 Å². The Kier molecular flexibility index (Phi) is 4.52. The van der Waals surface area contributed by atoms with Gasteiger partial charge in [0.2, 0.25) is 0 Å². The van der Waals surface area contributed by atoms with E-state index in [2.05, 4.69) is 15.1 Å². The van der Waals surface area contributed by atoms with E-state index in [9.17, 15) is 9.59 Å². The molecule has 0 unspecified atom stereocenters. The highest BCUT2D eigenvalue weighted by atomic mass is 35.5. The van der Waals surface area contributed by atoms with E-state index in [4.69, 9.17) is 23.2 Å². The minimum atomic E-state index is -0.530. The largest absolute Gasteiger partial charge is 0.333 e. The van der Waals surface area contributed by atoms with Gasteiger partial charge in [-0.05, 0) is 25.1 Å². The fourth-order valence-corrected chi connectivity index (χ4v) is 4.21. The molecule has 154 valence electrons. The molecular weight excluding hydrogens is 429 g/mol. The first kappa shape index (κ1) is 19.1. The second-order valence-corrected chi connectivity index (χ2v) is 7.93. The number of amides is 2. The second-order valence-electron chi connectivity index (χ2n) is 7.13. The molecule has 30 heavy (non-hydrogen) atoms. The predicted octanol–water partition coefficient (Wildman–Crippen LogP) is 1.99. The molecule has 2 aliphatic heterocycles. The van der Waals surface area contributed by atoms with Crippen LogP contribution >= 0.6 is 23.2 Å². The van der Waals surface area contributed by atoms with E-state index in [0.717, 1.165) is 16.9 Å². The number of rotatable bonds is 3. The molecule has 9 nitrogen and oxygen atoms in total. The molecule has 1 saturated heterocycles. The van der Waals surface area contributed by atoms with Crippen LogP contribution in [0.4, 0.5) is 0 Å². The molecule has 0 aliphatic carbocycles. The summed E-state index contributed by atoms with van der Waals surface area (Å²) in [5, 5.41) is 5.55. The number of imidazole rings is 1. The van der Waals surface area contributed by atoms with Crippen molar-refractivity contribution < 1.29 is 9.59 Å². The molecule has 5 rings (SSSR count). The molecule has 11 heteroatoms. The Morgan fingerprint density at radius 1 is 1.10 bits per heavy atom. The van der Waals surface area contributed by atoms with Crippen LogP contribution in [-0.2, 0) is 22.7 Å². The summed E-state index contributed by atoms with van der Waals surface area (Å²) >= 11 is 12.6. The Bertz CT molecular complexity index is 1190. The van der Waals surface area contributed by atoms with E-state index in [1.165, 1.54) is 9.80 Å². The van der Waals surface area contributed by atoms with Crippen molar-refractivity contribution in [2.45, 2.75) is 20.0 Å². The SMILES string of the molecule is CCN1CCN(Cc2nc3n(n2)Cc2c(Cl)ncn2-c2ccc(Cl)cc2-3)C(=O)C1=O. The Balaban J connectivity index is 1.53. The fraction of sp³-hybridized carbons (Fsp3) is 0.316. The van der Waals surface area contributed by atoms with E-state index in [1.807, 2.05) is 23.6 Å². The van der Waals surface area contributed by atoms with E-state index in [-0.39, 0.29) is 6.54 Å². The monoisotopic (exact) mass is 445 g/mol. The number of hydrogen-bond acceptors (Lipinski definition) is 5. The average Bonchev–Trinajstić information content (AvgIpc) is 3.26. The van der Waals surface area contributed by atoms with Crippen molar-refractivity contribution in [3.05, 3.63) is 46.2 Å². The van der Waals surface area contributed by atoms with Gasteiger partial charge >= 0.3 is 11.8 Å². The molecule has 1 fully saturated rings. The summed E-state index contributed by atoms with van der Waals surface area (Å²) in [5.41, 5.74) is 2.40. The highest BCUT2D eigenvalue weighted by molar-refractivity contribution is 6.35. The van der Waals surface area contributed by atoms with E-state index in [1.54, 1.807) is 17.1 Å². The maximum atomic E-state index is 12.4. The molecule has 0 radical (unpaired) electrons. The number of nitrogens with zero attached hydrogens (tertiary/aromatic N) is 7. The molecule has 0 N–H and O–H groups in total. The quantitative estimate of drug-likeness (QED) is 0.449.